The molecule has 0 aromatic heterocycles. The molecule has 0 spiro atoms. The zero-order valence-corrected chi connectivity index (χ0v) is 12.5. The molecule has 0 aliphatic rings. The maximum absolute atomic E-state index is 12.5. The first-order valence-corrected chi connectivity index (χ1v) is 7.07. The zero-order valence-electron chi connectivity index (χ0n) is 12.5. The number of benzene rings is 2. The van der Waals surface area contributed by atoms with E-state index in [2.05, 4.69) is 0 Å². The van der Waals surface area contributed by atoms with E-state index in [4.69, 9.17) is 0 Å². The highest BCUT2D eigenvalue weighted by Crippen LogP contribution is 2.23. The van der Waals surface area contributed by atoms with Crippen molar-refractivity contribution in [2.45, 2.75) is 0 Å². The van der Waals surface area contributed by atoms with Gasteiger partial charge in [0, 0.05) is 11.1 Å². The minimum atomic E-state index is -2.00. The Morgan fingerprint density at radius 2 is 0.875 bits per heavy atom. The highest BCUT2D eigenvalue weighted by atomic mass is 16.4. The van der Waals surface area contributed by atoms with Gasteiger partial charge >= 0.3 is 11.9 Å². The predicted octanol–water partition coefficient (Wildman–Crippen LogP) is 2.15. The van der Waals surface area contributed by atoms with Gasteiger partial charge in [0.05, 0.1) is 0 Å². The van der Waals surface area contributed by atoms with Crippen molar-refractivity contribution in [1.29, 1.82) is 0 Å². The predicted molar refractivity (Wildman–Crippen MR) is 83.8 cm³/mol. The van der Waals surface area contributed by atoms with Gasteiger partial charge in [0.25, 0.3) is 0 Å². The second-order valence-electron chi connectivity index (χ2n) is 5.09. The molecule has 24 heavy (non-hydrogen) atoms. The Labute approximate surface area is 137 Å². The molecule has 2 atom stereocenters. The molecule has 0 heterocycles. The van der Waals surface area contributed by atoms with E-state index >= 15 is 0 Å². The van der Waals surface area contributed by atoms with Crippen molar-refractivity contribution in [2.24, 2.45) is 11.8 Å². The van der Waals surface area contributed by atoms with Gasteiger partial charge in [-0.05, 0) is 0 Å². The smallest absolute Gasteiger partial charge is 0.315 e. The molecule has 0 aliphatic carbocycles. The summed E-state index contributed by atoms with van der Waals surface area (Å²) in [5, 5.41) is 18.8. The minimum absolute atomic E-state index is 0.0389. The molecule has 0 saturated heterocycles. The first kappa shape index (κ1) is 17.1. The van der Waals surface area contributed by atoms with Crippen LogP contribution >= 0.6 is 0 Å². The summed E-state index contributed by atoms with van der Waals surface area (Å²) in [6, 6.07) is 14.9. The molecule has 0 radical (unpaired) electrons. The molecule has 6 heteroatoms. The zero-order chi connectivity index (χ0) is 17.7. The van der Waals surface area contributed by atoms with Crippen molar-refractivity contribution in [1.82, 2.24) is 0 Å². The highest BCUT2D eigenvalue weighted by molar-refractivity contribution is 6.18. The van der Waals surface area contributed by atoms with Crippen LogP contribution in [0.25, 0.3) is 0 Å². The van der Waals surface area contributed by atoms with Crippen LogP contribution in [0.5, 0.6) is 0 Å². The fourth-order valence-corrected chi connectivity index (χ4v) is 2.38. The number of carboxylic acid groups (broad SMARTS) is 2. The number of carbonyl (C=O) groups excluding carboxylic acids is 2. The molecule has 0 fully saturated rings. The molecule has 0 amide bonds. The van der Waals surface area contributed by atoms with Crippen LogP contribution in [0.15, 0.2) is 60.7 Å². The van der Waals surface area contributed by atoms with Gasteiger partial charge in [0.2, 0.25) is 0 Å². The summed E-state index contributed by atoms with van der Waals surface area (Å²) in [7, 11) is 0. The van der Waals surface area contributed by atoms with E-state index in [-0.39, 0.29) is 11.1 Å². The van der Waals surface area contributed by atoms with Gasteiger partial charge in [-0.1, -0.05) is 60.7 Å². The maximum Gasteiger partial charge on any atom is 0.315 e. The molecule has 0 aliphatic heterocycles. The number of Topliss-reactive ketones (excluding diaryl/α,β-unsaturated/α-hetero) is 2. The van der Waals surface area contributed by atoms with Crippen LogP contribution in [0.4, 0.5) is 0 Å². The average molecular weight is 326 g/mol. The lowest BCUT2D eigenvalue weighted by Crippen LogP contribution is -2.40. The molecule has 6 nitrogen and oxygen atoms in total. The number of ketones is 2. The highest BCUT2D eigenvalue weighted by Gasteiger charge is 2.44. The Balaban J connectivity index is 2.46. The van der Waals surface area contributed by atoms with E-state index in [1.165, 1.54) is 48.5 Å². The van der Waals surface area contributed by atoms with Gasteiger partial charge < -0.3 is 10.2 Å². The molecule has 2 rings (SSSR count). The Morgan fingerprint density at radius 3 is 1.12 bits per heavy atom. The topological polar surface area (TPSA) is 109 Å². The van der Waals surface area contributed by atoms with Crippen molar-refractivity contribution >= 4 is 23.5 Å². The third kappa shape index (κ3) is 3.55. The van der Waals surface area contributed by atoms with Crippen molar-refractivity contribution in [3.8, 4) is 0 Å². The third-order valence-corrected chi connectivity index (χ3v) is 3.55. The Morgan fingerprint density at radius 1 is 0.583 bits per heavy atom. The lowest BCUT2D eigenvalue weighted by Gasteiger charge is -2.18. The van der Waals surface area contributed by atoms with Gasteiger partial charge in [-0.25, -0.2) is 0 Å². The summed E-state index contributed by atoms with van der Waals surface area (Å²) < 4.78 is 0. The second kappa shape index (κ2) is 7.32. The average Bonchev–Trinajstić information content (AvgIpc) is 2.59. The van der Waals surface area contributed by atoms with Crippen LogP contribution in [0.2, 0.25) is 0 Å². The Hall–Kier alpha value is -3.28. The van der Waals surface area contributed by atoms with Crippen LogP contribution in [-0.4, -0.2) is 33.7 Å². The second-order valence-corrected chi connectivity index (χ2v) is 5.09. The lowest BCUT2D eigenvalue weighted by atomic mass is 9.81. The minimum Gasteiger partial charge on any atom is -0.481 e. The number of aliphatic carboxylic acids is 2. The number of carboxylic acids is 2. The fourth-order valence-electron chi connectivity index (χ4n) is 2.38. The number of rotatable bonds is 7. The van der Waals surface area contributed by atoms with Gasteiger partial charge in [-0.3, -0.25) is 19.2 Å². The largest absolute Gasteiger partial charge is 0.481 e. The molecule has 122 valence electrons. The summed E-state index contributed by atoms with van der Waals surface area (Å²) in [6.07, 6.45) is 0. The standard InChI is InChI=1S/C18H14O6/c19-15(11-7-3-1-4-8-11)13(17(21)22)14(18(23)24)16(20)12-9-5-2-6-10-12/h1-10,13-14H,(H,21,22)(H,23,24). The summed E-state index contributed by atoms with van der Waals surface area (Å²) in [5.41, 5.74) is 0.0778. The van der Waals surface area contributed by atoms with Crippen molar-refractivity contribution in [3.63, 3.8) is 0 Å². The van der Waals surface area contributed by atoms with E-state index in [0.717, 1.165) is 0 Å². The quantitative estimate of drug-likeness (QED) is 0.596. The van der Waals surface area contributed by atoms with Gasteiger partial charge in [-0.15, -0.1) is 0 Å². The molecule has 2 aromatic carbocycles. The van der Waals surface area contributed by atoms with E-state index in [1.54, 1.807) is 12.1 Å². The SMILES string of the molecule is O=C(O)C(C(=O)c1ccccc1)C(C(=O)O)C(=O)c1ccccc1. The Kier molecular flexibility index (Phi) is 5.21. The van der Waals surface area contributed by atoms with Crippen molar-refractivity contribution in [3.05, 3.63) is 71.8 Å². The van der Waals surface area contributed by atoms with Gasteiger partial charge in [0.15, 0.2) is 11.6 Å². The summed E-state index contributed by atoms with van der Waals surface area (Å²) in [4.78, 5) is 48.1. The maximum atomic E-state index is 12.5. The summed E-state index contributed by atoms with van der Waals surface area (Å²) in [6.45, 7) is 0. The monoisotopic (exact) mass is 326 g/mol. The molecule has 0 saturated carbocycles. The van der Waals surface area contributed by atoms with Crippen LogP contribution in [0, 0.1) is 11.8 Å². The molecule has 2 unspecified atom stereocenters. The molecular weight excluding hydrogens is 312 g/mol. The fraction of sp³-hybridized carbons (Fsp3) is 0.111. The molecule has 0 bridgehead atoms. The number of carbonyl (C=O) groups is 4. The molecule has 2 aromatic rings. The van der Waals surface area contributed by atoms with Crippen LogP contribution in [0.1, 0.15) is 20.7 Å². The van der Waals surface area contributed by atoms with E-state index in [9.17, 15) is 29.4 Å². The molecule has 2 N–H and O–H groups in total. The lowest BCUT2D eigenvalue weighted by molar-refractivity contribution is -0.149. The first-order valence-electron chi connectivity index (χ1n) is 7.07. The van der Waals surface area contributed by atoms with Crippen molar-refractivity contribution < 1.29 is 29.4 Å². The van der Waals surface area contributed by atoms with Crippen LogP contribution in [-0.2, 0) is 9.59 Å². The van der Waals surface area contributed by atoms with Crippen molar-refractivity contribution in [2.75, 3.05) is 0 Å². The first-order chi connectivity index (χ1) is 11.4. The molecular formula is C18H14O6. The van der Waals surface area contributed by atoms with Gasteiger partial charge in [-0.2, -0.15) is 0 Å². The van der Waals surface area contributed by atoms with Crippen LogP contribution < -0.4 is 0 Å². The summed E-state index contributed by atoms with van der Waals surface area (Å²) in [5.74, 6) is -9.14. The third-order valence-electron chi connectivity index (χ3n) is 3.55. The number of hydrogen-bond donors (Lipinski definition) is 2. The van der Waals surface area contributed by atoms with Crippen LogP contribution in [0.3, 0.4) is 0 Å². The van der Waals surface area contributed by atoms with E-state index in [1.807, 2.05) is 0 Å². The van der Waals surface area contributed by atoms with E-state index in [0.29, 0.717) is 0 Å². The summed E-state index contributed by atoms with van der Waals surface area (Å²) >= 11 is 0. The van der Waals surface area contributed by atoms with E-state index < -0.39 is 35.3 Å². The Bertz CT molecular complexity index is 699. The normalized spacial score (nSPS) is 12.8. The number of hydrogen-bond acceptors (Lipinski definition) is 4. The van der Waals surface area contributed by atoms with Gasteiger partial charge in [0.1, 0.15) is 11.8 Å².